The van der Waals surface area contributed by atoms with Gasteiger partial charge in [-0.1, -0.05) is 6.07 Å². The fourth-order valence-corrected chi connectivity index (χ4v) is 4.30. The third-order valence-corrected chi connectivity index (χ3v) is 6.04. The van der Waals surface area contributed by atoms with Gasteiger partial charge in [-0.25, -0.2) is 18.7 Å². The predicted molar refractivity (Wildman–Crippen MR) is 113 cm³/mol. The monoisotopic (exact) mass is 536 g/mol. The molecule has 0 aliphatic carbocycles. The highest BCUT2D eigenvalue weighted by Crippen LogP contribution is 2.37. The smallest absolute Gasteiger partial charge is 0.373 e. The third kappa shape index (κ3) is 6.55. The van der Waals surface area contributed by atoms with Crippen molar-refractivity contribution in [3.63, 3.8) is 0 Å². The third-order valence-electron chi connectivity index (χ3n) is 6.04. The molecular weight excluding hydrogens is 516 g/mol. The van der Waals surface area contributed by atoms with E-state index in [4.69, 9.17) is 4.74 Å². The van der Waals surface area contributed by atoms with Crippen LogP contribution in [0.15, 0.2) is 41.2 Å². The van der Waals surface area contributed by atoms with Crippen molar-refractivity contribution < 1.29 is 39.9 Å². The Labute approximate surface area is 204 Å². The minimum Gasteiger partial charge on any atom is -0.373 e. The van der Waals surface area contributed by atoms with Gasteiger partial charge >= 0.3 is 18.0 Å². The van der Waals surface area contributed by atoms with Crippen molar-refractivity contribution in [2.75, 3.05) is 13.1 Å². The van der Waals surface area contributed by atoms with Gasteiger partial charge in [-0.05, 0) is 47.9 Å². The van der Waals surface area contributed by atoms with Gasteiger partial charge < -0.3 is 4.74 Å². The first kappa shape index (κ1) is 26.8. The molecule has 3 aromatic rings. The Morgan fingerprint density at radius 2 is 1.65 bits per heavy atom. The fraction of sp³-hybridized carbons (Fsp3) is 0.391. The van der Waals surface area contributed by atoms with Crippen molar-refractivity contribution >= 4 is 0 Å². The Morgan fingerprint density at radius 3 is 2.22 bits per heavy atom. The summed E-state index contributed by atoms with van der Waals surface area (Å²) in [5, 5.41) is 6.05. The Hall–Kier alpha value is -3.26. The van der Waals surface area contributed by atoms with Gasteiger partial charge in [0.1, 0.15) is 5.82 Å². The van der Waals surface area contributed by atoms with E-state index in [1.54, 1.807) is 0 Å². The molecule has 2 heterocycles. The molecule has 0 amide bonds. The number of piperidine rings is 1. The van der Waals surface area contributed by atoms with Gasteiger partial charge in [0, 0.05) is 19.0 Å². The molecule has 2 N–H and O–H groups in total. The average molecular weight is 536 g/mol. The maximum atomic E-state index is 14.0. The van der Waals surface area contributed by atoms with Crippen LogP contribution in [-0.4, -0.2) is 39.3 Å². The first-order chi connectivity index (χ1) is 17.3. The molecule has 0 radical (unpaired) electrons. The van der Waals surface area contributed by atoms with Crippen LogP contribution in [0.3, 0.4) is 0 Å². The molecule has 0 bridgehead atoms. The normalized spacial score (nSPS) is 19.4. The van der Waals surface area contributed by atoms with Crippen molar-refractivity contribution in [2.45, 2.75) is 43.9 Å². The number of rotatable bonds is 6. The molecule has 6 nitrogen and oxygen atoms in total. The van der Waals surface area contributed by atoms with Gasteiger partial charge in [0.15, 0.2) is 11.6 Å². The summed E-state index contributed by atoms with van der Waals surface area (Å²) in [6, 6.07) is 4.45. The molecule has 0 unspecified atom stereocenters. The summed E-state index contributed by atoms with van der Waals surface area (Å²) in [5.41, 5.74) is -3.42. The van der Waals surface area contributed by atoms with Crippen LogP contribution in [0.2, 0.25) is 0 Å². The van der Waals surface area contributed by atoms with Crippen LogP contribution in [0.1, 0.15) is 40.4 Å². The van der Waals surface area contributed by atoms with Crippen molar-refractivity contribution in [2.24, 2.45) is 0 Å². The number of nitrogens with zero attached hydrogens (tertiary/aromatic N) is 2. The van der Waals surface area contributed by atoms with E-state index in [1.165, 1.54) is 6.07 Å². The molecule has 2 atom stereocenters. The highest BCUT2D eigenvalue weighted by molar-refractivity contribution is 5.33. The van der Waals surface area contributed by atoms with E-state index in [0.29, 0.717) is 30.1 Å². The molecule has 200 valence electrons. The molecule has 1 saturated heterocycles. The SMILES string of the molecule is O=c1[nH]nc(CN2CC[C@H](OCc3cc(C(F)(F)F)cc(C(F)(F)F)c3)[C@H](c3ccc(F)c(F)c3)C2)[nH]1. The van der Waals surface area contributed by atoms with Crippen LogP contribution in [0.5, 0.6) is 0 Å². The second-order valence-electron chi connectivity index (χ2n) is 8.69. The lowest BCUT2D eigenvalue weighted by Gasteiger charge is -2.38. The molecular formula is C23H20F8N4O2. The standard InChI is InChI=1S/C23H20F8N4O2/c24-17-2-1-13(7-18(17)25)16-9-35(10-20-32-21(36)34-33-20)4-3-19(16)37-11-12-5-14(22(26,27)28)8-15(6-12)23(29,30)31/h1-2,5-8,16,19H,3-4,9-11H2,(H2,32,33,34,36)/t16-,19-/m0/s1. The molecule has 0 spiro atoms. The quantitative estimate of drug-likeness (QED) is 0.436. The number of aromatic nitrogens is 3. The van der Waals surface area contributed by atoms with Gasteiger partial charge in [-0.3, -0.25) is 9.88 Å². The molecule has 2 aromatic carbocycles. The lowest BCUT2D eigenvalue weighted by Crippen LogP contribution is -2.42. The molecule has 1 aromatic heterocycles. The van der Waals surface area contributed by atoms with Crippen LogP contribution < -0.4 is 5.69 Å². The van der Waals surface area contributed by atoms with E-state index in [-0.39, 0.29) is 31.1 Å². The zero-order chi connectivity index (χ0) is 27.0. The maximum Gasteiger partial charge on any atom is 0.416 e. The zero-order valence-corrected chi connectivity index (χ0v) is 18.9. The van der Waals surface area contributed by atoms with E-state index in [0.717, 1.165) is 12.1 Å². The summed E-state index contributed by atoms with van der Waals surface area (Å²) in [7, 11) is 0. The van der Waals surface area contributed by atoms with Crippen molar-refractivity contribution in [3.05, 3.63) is 86.6 Å². The van der Waals surface area contributed by atoms with Gasteiger partial charge in [0.2, 0.25) is 0 Å². The van der Waals surface area contributed by atoms with E-state index in [1.807, 2.05) is 4.90 Å². The number of benzene rings is 2. The van der Waals surface area contributed by atoms with Crippen molar-refractivity contribution in [1.29, 1.82) is 0 Å². The Balaban J connectivity index is 1.57. The summed E-state index contributed by atoms with van der Waals surface area (Å²) < 4.78 is 112. The molecule has 1 fully saturated rings. The van der Waals surface area contributed by atoms with E-state index in [9.17, 15) is 39.9 Å². The fourth-order valence-electron chi connectivity index (χ4n) is 4.30. The van der Waals surface area contributed by atoms with Crippen molar-refractivity contribution in [1.82, 2.24) is 20.1 Å². The Bertz CT molecular complexity index is 1270. The topological polar surface area (TPSA) is 74.0 Å². The second-order valence-corrected chi connectivity index (χ2v) is 8.69. The van der Waals surface area contributed by atoms with E-state index in [2.05, 4.69) is 15.2 Å². The first-order valence-corrected chi connectivity index (χ1v) is 11.0. The summed E-state index contributed by atoms with van der Waals surface area (Å²) in [5.74, 6) is -2.47. The first-order valence-electron chi connectivity index (χ1n) is 11.0. The van der Waals surface area contributed by atoms with E-state index >= 15 is 0 Å². The number of hydrogen-bond acceptors (Lipinski definition) is 4. The van der Waals surface area contributed by atoms with Crippen LogP contribution in [0.4, 0.5) is 35.1 Å². The van der Waals surface area contributed by atoms with Gasteiger partial charge in [-0.2, -0.15) is 31.4 Å². The Morgan fingerprint density at radius 1 is 0.973 bits per heavy atom. The Kier molecular flexibility index (Phi) is 7.42. The molecule has 4 rings (SSSR count). The lowest BCUT2D eigenvalue weighted by molar-refractivity contribution is -0.143. The largest absolute Gasteiger partial charge is 0.416 e. The maximum absolute atomic E-state index is 14.0. The molecule has 14 heteroatoms. The number of H-pyrrole nitrogens is 2. The number of nitrogens with one attached hydrogen (secondary N) is 2. The number of halogens is 8. The summed E-state index contributed by atoms with van der Waals surface area (Å²) in [4.78, 5) is 15.7. The summed E-state index contributed by atoms with van der Waals surface area (Å²) in [6.07, 6.45) is -10.5. The number of hydrogen-bond donors (Lipinski definition) is 2. The molecule has 1 aliphatic rings. The van der Waals surface area contributed by atoms with Gasteiger partial charge in [0.05, 0.1) is 30.4 Å². The summed E-state index contributed by atoms with van der Waals surface area (Å²) >= 11 is 0. The van der Waals surface area contributed by atoms with Crippen LogP contribution in [0, 0.1) is 11.6 Å². The molecule has 1 aliphatic heterocycles. The predicted octanol–water partition coefficient (Wildman–Crippen LogP) is 4.99. The summed E-state index contributed by atoms with van der Waals surface area (Å²) in [6.45, 7) is 0.218. The minimum atomic E-state index is -5.00. The molecule has 0 saturated carbocycles. The van der Waals surface area contributed by atoms with Crippen molar-refractivity contribution in [3.8, 4) is 0 Å². The number of likely N-dealkylation sites (tertiary alicyclic amines) is 1. The van der Waals surface area contributed by atoms with Gasteiger partial charge in [0.25, 0.3) is 0 Å². The zero-order valence-electron chi connectivity index (χ0n) is 18.9. The van der Waals surface area contributed by atoms with Crippen LogP contribution in [-0.2, 0) is 30.2 Å². The highest BCUT2D eigenvalue weighted by Gasteiger charge is 2.37. The van der Waals surface area contributed by atoms with Crippen LogP contribution in [0.25, 0.3) is 0 Å². The second kappa shape index (κ2) is 10.2. The lowest BCUT2D eigenvalue weighted by atomic mass is 9.87. The van der Waals surface area contributed by atoms with Crippen LogP contribution >= 0.6 is 0 Å². The number of ether oxygens (including phenoxy) is 1. The number of alkyl halides is 6. The molecule has 37 heavy (non-hydrogen) atoms. The average Bonchev–Trinajstić information content (AvgIpc) is 3.23. The highest BCUT2D eigenvalue weighted by atomic mass is 19.4. The van der Waals surface area contributed by atoms with E-state index < -0.39 is 59.4 Å². The van der Waals surface area contributed by atoms with Gasteiger partial charge in [-0.15, -0.1) is 0 Å². The minimum absolute atomic E-state index is 0.0332. The number of aromatic amines is 2.